The van der Waals surface area contributed by atoms with E-state index in [-0.39, 0.29) is 17.2 Å². The van der Waals surface area contributed by atoms with Gasteiger partial charge in [0.25, 0.3) is 0 Å². The van der Waals surface area contributed by atoms with Gasteiger partial charge in [-0.2, -0.15) is 0 Å². The van der Waals surface area contributed by atoms with Crippen molar-refractivity contribution in [3.8, 4) is 0 Å². The van der Waals surface area contributed by atoms with E-state index < -0.39 is 0 Å². The van der Waals surface area contributed by atoms with Crippen LogP contribution in [0, 0.1) is 11.3 Å². The van der Waals surface area contributed by atoms with Crippen molar-refractivity contribution in [2.24, 2.45) is 11.3 Å². The van der Waals surface area contributed by atoms with Crippen molar-refractivity contribution < 1.29 is 4.79 Å². The number of benzene rings is 1. The highest BCUT2D eigenvalue weighted by Gasteiger charge is 2.37. The van der Waals surface area contributed by atoms with Gasteiger partial charge in [0.1, 0.15) is 0 Å². The molecule has 0 spiro atoms. The van der Waals surface area contributed by atoms with Gasteiger partial charge in [-0.1, -0.05) is 43.7 Å². The largest absolute Gasteiger partial charge is 0.355 e. The molecule has 0 aromatic heterocycles. The Kier molecular flexibility index (Phi) is 5.18. The summed E-state index contributed by atoms with van der Waals surface area (Å²) in [6, 6.07) is 10.6. The Bertz CT molecular complexity index is 426. The van der Waals surface area contributed by atoms with E-state index in [0.29, 0.717) is 0 Å². The first kappa shape index (κ1) is 15.0. The number of hydrogen-bond acceptors (Lipinski definition) is 2. The first-order valence-corrected chi connectivity index (χ1v) is 7.61. The smallest absolute Gasteiger partial charge is 0.224 e. The van der Waals surface area contributed by atoms with Crippen LogP contribution in [-0.4, -0.2) is 26.0 Å². The van der Waals surface area contributed by atoms with E-state index in [1.54, 1.807) is 0 Å². The molecule has 1 unspecified atom stereocenters. The molecule has 2 N–H and O–H groups in total. The Labute approximate surface area is 122 Å². The second-order valence-electron chi connectivity index (χ2n) is 6.19. The molecule has 1 amide bonds. The van der Waals surface area contributed by atoms with E-state index in [9.17, 15) is 4.79 Å². The SMILES string of the molecule is CNCC(C)C(=O)NCC1(Cc2ccccc2)CCC1. The Balaban J connectivity index is 1.87. The molecule has 0 aliphatic heterocycles. The highest BCUT2D eigenvalue weighted by molar-refractivity contribution is 5.78. The molecule has 1 aliphatic carbocycles. The van der Waals surface area contributed by atoms with Crippen LogP contribution in [0.3, 0.4) is 0 Å². The van der Waals surface area contributed by atoms with Crippen LogP contribution in [0.2, 0.25) is 0 Å². The Morgan fingerprint density at radius 2 is 2.00 bits per heavy atom. The van der Waals surface area contributed by atoms with Gasteiger partial charge in [0.15, 0.2) is 0 Å². The predicted molar refractivity (Wildman–Crippen MR) is 82.5 cm³/mol. The molecular weight excluding hydrogens is 248 g/mol. The number of hydrogen-bond donors (Lipinski definition) is 2. The van der Waals surface area contributed by atoms with Crippen molar-refractivity contribution in [2.45, 2.75) is 32.6 Å². The summed E-state index contributed by atoms with van der Waals surface area (Å²) in [6.07, 6.45) is 4.81. The van der Waals surface area contributed by atoms with Crippen molar-refractivity contribution in [3.05, 3.63) is 35.9 Å². The summed E-state index contributed by atoms with van der Waals surface area (Å²) in [5, 5.41) is 6.20. The Morgan fingerprint density at radius 3 is 2.55 bits per heavy atom. The number of nitrogens with one attached hydrogen (secondary N) is 2. The summed E-state index contributed by atoms with van der Waals surface area (Å²) in [5.41, 5.74) is 1.67. The van der Waals surface area contributed by atoms with Gasteiger partial charge >= 0.3 is 0 Å². The molecule has 0 saturated heterocycles. The van der Waals surface area contributed by atoms with Crippen LogP contribution in [0.15, 0.2) is 30.3 Å². The fourth-order valence-corrected chi connectivity index (χ4v) is 2.97. The Hall–Kier alpha value is -1.35. The van der Waals surface area contributed by atoms with Crippen LogP contribution in [0.1, 0.15) is 31.7 Å². The second-order valence-corrected chi connectivity index (χ2v) is 6.19. The van der Waals surface area contributed by atoms with Crippen LogP contribution in [-0.2, 0) is 11.2 Å². The molecule has 2 rings (SSSR count). The summed E-state index contributed by atoms with van der Waals surface area (Å²) in [6.45, 7) is 3.52. The standard InChI is InChI=1S/C17H26N2O/c1-14(12-18-2)16(20)19-13-17(9-6-10-17)11-15-7-4-3-5-8-15/h3-5,7-8,14,18H,6,9-13H2,1-2H3,(H,19,20). The van der Waals surface area contributed by atoms with Gasteiger partial charge in [-0.15, -0.1) is 0 Å². The summed E-state index contributed by atoms with van der Waals surface area (Å²) in [5.74, 6) is 0.201. The minimum Gasteiger partial charge on any atom is -0.355 e. The normalized spacial score (nSPS) is 18.1. The topological polar surface area (TPSA) is 41.1 Å². The van der Waals surface area contributed by atoms with Gasteiger partial charge in [-0.05, 0) is 37.3 Å². The maximum absolute atomic E-state index is 12.0. The molecule has 1 atom stereocenters. The zero-order valence-electron chi connectivity index (χ0n) is 12.6. The molecule has 3 heteroatoms. The van der Waals surface area contributed by atoms with E-state index in [4.69, 9.17) is 0 Å². The third-order valence-electron chi connectivity index (χ3n) is 4.43. The quantitative estimate of drug-likeness (QED) is 0.801. The van der Waals surface area contributed by atoms with Crippen LogP contribution in [0.5, 0.6) is 0 Å². The lowest BCUT2D eigenvalue weighted by molar-refractivity contribution is -0.125. The van der Waals surface area contributed by atoms with E-state index in [0.717, 1.165) is 19.5 Å². The minimum atomic E-state index is 0.0360. The molecule has 0 radical (unpaired) electrons. The molecule has 1 saturated carbocycles. The highest BCUT2D eigenvalue weighted by atomic mass is 16.1. The molecule has 110 valence electrons. The zero-order chi connectivity index (χ0) is 14.4. The van der Waals surface area contributed by atoms with Crippen molar-refractivity contribution >= 4 is 5.91 Å². The predicted octanol–water partition coefficient (Wildman–Crippen LogP) is 2.37. The summed E-state index contributed by atoms with van der Waals surface area (Å²) < 4.78 is 0. The molecule has 1 fully saturated rings. The van der Waals surface area contributed by atoms with Crippen LogP contribution >= 0.6 is 0 Å². The lowest BCUT2D eigenvalue weighted by atomic mass is 9.65. The molecule has 0 heterocycles. The third-order valence-corrected chi connectivity index (χ3v) is 4.43. The molecule has 3 nitrogen and oxygen atoms in total. The lowest BCUT2D eigenvalue weighted by Gasteiger charge is -2.42. The van der Waals surface area contributed by atoms with Gasteiger partial charge in [0, 0.05) is 19.0 Å². The van der Waals surface area contributed by atoms with Crippen molar-refractivity contribution in [1.29, 1.82) is 0 Å². The maximum atomic E-state index is 12.0. The van der Waals surface area contributed by atoms with Gasteiger partial charge < -0.3 is 10.6 Å². The van der Waals surface area contributed by atoms with E-state index in [1.807, 2.05) is 14.0 Å². The number of rotatable bonds is 7. The van der Waals surface area contributed by atoms with Gasteiger partial charge in [0.2, 0.25) is 5.91 Å². The number of carbonyl (C=O) groups excluding carboxylic acids is 1. The Morgan fingerprint density at radius 1 is 1.30 bits per heavy atom. The zero-order valence-corrected chi connectivity index (χ0v) is 12.6. The highest BCUT2D eigenvalue weighted by Crippen LogP contribution is 2.43. The van der Waals surface area contributed by atoms with E-state index in [2.05, 4.69) is 41.0 Å². The molecule has 0 bridgehead atoms. The van der Waals surface area contributed by atoms with Gasteiger partial charge in [-0.3, -0.25) is 4.79 Å². The van der Waals surface area contributed by atoms with Crippen molar-refractivity contribution in [1.82, 2.24) is 10.6 Å². The monoisotopic (exact) mass is 274 g/mol. The number of carbonyl (C=O) groups is 1. The van der Waals surface area contributed by atoms with E-state index >= 15 is 0 Å². The van der Waals surface area contributed by atoms with Crippen LogP contribution in [0.25, 0.3) is 0 Å². The van der Waals surface area contributed by atoms with Crippen molar-refractivity contribution in [2.75, 3.05) is 20.1 Å². The van der Waals surface area contributed by atoms with E-state index in [1.165, 1.54) is 24.8 Å². The number of amides is 1. The average molecular weight is 274 g/mol. The summed E-state index contributed by atoms with van der Waals surface area (Å²) >= 11 is 0. The average Bonchev–Trinajstić information content (AvgIpc) is 2.42. The second kappa shape index (κ2) is 6.89. The fourth-order valence-electron chi connectivity index (χ4n) is 2.97. The summed E-state index contributed by atoms with van der Waals surface area (Å²) in [7, 11) is 1.88. The van der Waals surface area contributed by atoms with Crippen LogP contribution < -0.4 is 10.6 Å². The maximum Gasteiger partial charge on any atom is 0.224 e. The van der Waals surface area contributed by atoms with Crippen LogP contribution in [0.4, 0.5) is 0 Å². The van der Waals surface area contributed by atoms with Gasteiger partial charge in [0.05, 0.1) is 0 Å². The summed E-state index contributed by atoms with van der Waals surface area (Å²) in [4.78, 5) is 12.0. The first-order chi connectivity index (χ1) is 9.65. The molecule has 1 aromatic rings. The molecular formula is C17H26N2O. The molecule has 20 heavy (non-hydrogen) atoms. The van der Waals surface area contributed by atoms with Gasteiger partial charge in [-0.25, -0.2) is 0 Å². The fraction of sp³-hybridized carbons (Fsp3) is 0.588. The molecule has 1 aliphatic rings. The van der Waals surface area contributed by atoms with Crippen molar-refractivity contribution in [3.63, 3.8) is 0 Å². The molecule has 1 aromatic carbocycles. The first-order valence-electron chi connectivity index (χ1n) is 7.61. The third kappa shape index (κ3) is 3.83. The minimum absolute atomic E-state index is 0.0360. The lowest BCUT2D eigenvalue weighted by Crippen LogP contribution is -2.45.